The normalized spacial score (nSPS) is 18.3. The predicted molar refractivity (Wildman–Crippen MR) is 387 cm³/mol. The average Bonchev–Trinajstić information content (AvgIpc) is 1.28. The lowest BCUT2D eigenvalue weighted by Gasteiger charge is -2.41. The van der Waals surface area contributed by atoms with Gasteiger partial charge in [0.2, 0.25) is 41.4 Å². The summed E-state index contributed by atoms with van der Waals surface area (Å²) in [6.45, 7) is 20.1. The Morgan fingerprint density at radius 3 is 1.94 bits per heavy atom. The first-order chi connectivity index (χ1) is 49.0. The van der Waals surface area contributed by atoms with Gasteiger partial charge in [-0.2, -0.15) is 13.2 Å². The van der Waals surface area contributed by atoms with Crippen LogP contribution < -0.4 is 32.3 Å². The lowest BCUT2D eigenvalue weighted by atomic mass is 9.85. The number of carbonyl (C=O) groups excluding carboxylic acids is 11. The van der Waals surface area contributed by atoms with E-state index in [1.165, 1.54) is 38.3 Å². The van der Waals surface area contributed by atoms with Crippen LogP contribution in [-0.2, 0) is 64.0 Å². The number of hydrogen-bond acceptors (Lipinski definition) is 16. The van der Waals surface area contributed by atoms with E-state index in [0.717, 1.165) is 10.5 Å². The van der Waals surface area contributed by atoms with Gasteiger partial charge in [0.05, 0.1) is 42.9 Å². The smallest absolute Gasteiger partial charge is 0.407 e. The second-order valence-electron chi connectivity index (χ2n) is 29.4. The number of benzene rings is 2. The molecule has 0 bridgehead atoms. The van der Waals surface area contributed by atoms with Crippen molar-refractivity contribution in [3.8, 4) is 0 Å². The number of likely N-dealkylation sites (tertiary alicyclic amines) is 2. The molecule has 0 saturated carbocycles. The molecule has 8 N–H and O–H groups in total. The van der Waals surface area contributed by atoms with Crippen molar-refractivity contribution in [2.75, 3.05) is 59.8 Å². The van der Waals surface area contributed by atoms with Gasteiger partial charge >= 0.3 is 18.3 Å². The number of aliphatic hydroxyl groups is 1. The molecule has 4 rings (SSSR count). The summed E-state index contributed by atoms with van der Waals surface area (Å²) in [5.41, 5.74) is 6.78. The molecule has 1 unspecified atom stereocenters. The molecular weight excluding hydrogens is 1350 g/mol. The maximum atomic E-state index is 14.8. The number of alkyl carbamates (subject to hydrolysis) is 1. The maximum absolute atomic E-state index is 14.8. The van der Waals surface area contributed by atoms with E-state index in [9.17, 15) is 71.0 Å². The van der Waals surface area contributed by atoms with Gasteiger partial charge in [-0.1, -0.05) is 138 Å². The SMILES string of the molecule is CC[C@H](C)[C@@H]([C@@H](CC(=O)N1CCC[C@H]1[C@H](OC)[C@@H](C)C(=O)C[C@H](C)[C@@H](O)c1ccccc1)OC)N(C)C(=O)[C@@H](NC(=O)[C@H](C(C)C)N(C)C(=O)CCCNC(=O)OCc1ccc(NC(=O)[C@H](CCCNC(N)=O)CC(=O)[C@@H](N[C@@H](CCCCCN2C(=O)CC(C)C2=O)C(F)(F)F)C(C)C)cc1)C(C)C. The molecule has 2 aliphatic heterocycles. The highest BCUT2D eigenvalue weighted by Crippen LogP contribution is 2.34. The summed E-state index contributed by atoms with van der Waals surface area (Å²) >= 11 is 0. The number of alkyl halides is 3. The number of ketones is 2. The third-order valence-electron chi connectivity index (χ3n) is 20.4. The molecule has 0 radical (unpaired) electrons. The molecule has 25 nitrogen and oxygen atoms in total. The number of imide groups is 1. The fourth-order valence-corrected chi connectivity index (χ4v) is 14.1. The number of amides is 10. The zero-order chi connectivity index (χ0) is 77.9. The number of unbranched alkanes of at least 4 members (excludes halogenated alkanes) is 2. The number of nitrogens with one attached hydrogen (secondary N) is 5. The van der Waals surface area contributed by atoms with Gasteiger partial charge in [-0.05, 0) is 97.8 Å². The Labute approximate surface area is 612 Å². The third-order valence-corrected chi connectivity index (χ3v) is 20.4. The number of ether oxygens (including phenoxy) is 3. The zero-order valence-electron chi connectivity index (χ0n) is 63.8. The number of likely N-dealkylation sites (N-methyl/N-ethyl adjacent to an activating group) is 2. The first-order valence-electron chi connectivity index (χ1n) is 37.0. The standard InChI is InChI=1S/C76H119F3N10O15/c1-16-48(8)67(59(102-14)43-63(94)88-39-25-29-56(88)69(103-15)51(11)57(90)40-49(9)68(95)53-26-19-17-20-27-53)87(13)73(99)65(46(4)5)85-71(97)66(47(6)7)86(12)61(92)31-24-37-82-75(101)104-44-52-32-34-55(35-33-52)83-70(96)54(28-23-36-81-74(80)100)42-58(91)64(45(2)3)84-60(76(77,78)79)30-21-18-22-38-89-62(93)41-50(10)72(89)98/h17,19-20,26-27,32-35,45-51,54,56,59-60,64-69,84,95H,16,18,21-25,28-31,36-44H2,1-15H3,(H,82,101)(H,83,96)(H,85,97)(H3,80,81,100)/t48-,49-,50?,51-,54+,56-,59+,60-,64-,65-,66-,67-,68+,69+/m0/s1. The first-order valence-corrected chi connectivity index (χ1v) is 37.0. The minimum atomic E-state index is -4.72. The van der Waals surface area contributed by atoms with Gasteiger partial charge in [0.25, 0.3) is 0 Å². The van der Waals surface area contributed by atoms with Crippen molar-refractivity contribution in [1.82, 2.24) is 40.9 Å². The molecule has 2 fully saturated rings. The van der Waals surface area contributed by atoms with Gasteiger partial charge in [0.15, 0.2) is 5.78 Å². The molecule has 28 heteroatoms. The zero-order valence-corrected chi connectivity index (χ0v) is 63.8. The number of aliphatic hydroxyl groups excluding tert-OH is 1. The number of urea groups is 1. The number of anilines is 1. The van der Waals surface area contributed by atoms with E-state index in [0.29, 0.717) is 49.9 Å². The highest BCUT2D eigenvalue weighted by Gasteiger charge is 2.46. The maximum Gasteiger partial charge on any atom is 0.407 e. The summed E-state index contributed by atoms with van der Waals surface area (Å²) in [4.78, 5) is 153. The van der Waals surface area contributed by atoms with E-state index < -0.39 is 144 Å². The van der Waals surface area contributed by atoms with Crippen LogP contribution in [0.3, 0.4) is 0 Å². The number of halogens is 3. The lowest BCUT2D eigenvalue weighted by molar-refractivity contribution is -0.161. The van der Waals surface area contributed by atoms with Gasteiger partial charge in [-0.15, -0.1) is 0 Å². The number of hydrogen-bond donors (Lipinski definition) is 7. The molecular formula is C76H119F3N10O15. The molecule has 104 heavy (non-hydrogen) atoms. The molecule has 2 heterocycles. The number of rotatable bonds is 45. The molecule has 14 atom stereocenters. The second kappa shape index (κ2) is 43.2. The largest absolute Gasteiger partial charge is 0.445 e. The van der Waals surface area contributed by atoms with Gasteiger partial charge in [0.1, 0.15) is 30.5 Å². The number of carbonyl (C=O) groups is 11. The molecule has 0 spiro atoms. The van der Waals surface area contributed by atoms with Gasteiger partial charge in [-0.25, -0.2) is 9.59 Å². The summed E-state index contributed by atoms with van der Waals surface area (Å²) in [5, 5.41) is 24.3. The van der Waals surface area contributed by atoms with Crippen LogP contribution in [0.2, 0.25) is 0 Å². The molecule has 2 aliphatic rings. The average molecular weight is 1470 g/mol. The Balaban J connectivity index is 1.30. The second-order valence-corrected chi connectivity index (χ2v) is 29.4. The van der Waals surface area contributed by atoms with Crippen LogP contribution in [0.25, 0.3) is 0 Å². The number of Topliss-reactive ketones (excluding diaryl/α,β-unsaturated/α-hetero) is 2. The quantitative estimate of drug-likeness (QED) is 0.0240. The topological polar surface area (TPSA) is 335 Å². The summed E-state index contributed by atoms with van der Waals surface area (Å²) in [6.07, 6.45) is -5.32. The van der Waals surface area contributed by atoms with Crippen molar-refractivity contribution < 1.29 is 85.2 Å². The van der Waals surface area contributed by atoms with E-state index in [4.69, 9.17) is 19.9 Å². The summed E-state index contributed by atoms with van der Waals surface area (Å²) in [5.74, 6) is -7.44. The van der Waals surface area contributed by atoms with Crippen LogP contribution >= 0.6 is 0 Å². The van der Waals surface area contributed by atoms with Gasteiger partial charge < -0.3 is 61.0 Å². The lowest BCUT2D eigenvalue weighted by Crippen LogP contribution is -2.60. The number of nitrogens with two attached hydrogens (primary N) is 1. The van der Waals surface area contributed by atoms with Crippen molar-refractivity contribution in [1.29, 1.82) is 0 Å². The summed E-state index contributed by atoms with van der Waals surface area (Å²) < 4.78 is 60.9. The van der Waals surface area contributed by atoms with Crippen molar-refractivity contribution in [3.05, 3.63) is 65.7 Å². The van der Waals surface area contributed by atoms with E-state index in [1.807, 2.05) is 51.1 Å². The predicted octanol–water partition coefficient (Wildman–Crippen LogP) is 9.03. The molecule has 584 valence electrons. The highest BCUT2D eigenvalue weighted by atomic mass is 19.4. The van der Waals surface area contributed by atoms with E-state index in [1.54, 1.807) is 84.4 Å². The highest BCUT2D eigenvalue weighted by molar-refractivity contribution is 6.03. The Kier molecular flexibility index (Phi) is 36.9. The fourth-order valence-electron chi connectivity index (χ4n) is 14.1. The summed E-state index contributed by atoms with van der Waals surface area (Å²) in [7, 11) is 6.19. The molecule has 0 aliphatic carbocycles. The van der Waals surface area contributed by atoms with Gasteiger partial charge in [-0.3, -0.25) is 53.4 Å². The molecule has 2 saturated heterocycles. The van der Waals surface area contributed by atoms with E-state index in [2.05, 4.69) is 26.6 Å². The van der Waals surface area contributed by atoms with E-state index in [-0.39, 0.29) is 119 Å². The Hall–Kier alpha value is -7.56. The monoisotopic (exact) mass is 1470 g/mol. The van der Waals surface area contributed by atoms with Crippen molar-refractivity contribution >= 4 is 70.7 Å². The van der Waals surface area contributed by atoms with Crippen molar-refractivity contribution in [2.24, 2.45) is 53.1 Å². The van der Waals surface area contributed by atoms with Crippen LogP contribution in [0.5, 0.6) is 0 Å². The number of methoxy groups -OCH3 is 2. The molecule has 0 aromatic heterocycles. The Bertz CT molecular complexity index is 3130. The molecule has 2 aromatic carbocycles. The Morgan fingerprint density at radius 1 is 0.731 bits per heavy atom. The van der Waals surface area contributed by atoms with Crippen LogP contribution in [0.4, 0.5) is 28.4 Å². The number of nitrogens with zero attached hydrogens (tertiary/aromatic N) is 4. The van der Waals surface area contributed by atoms with Crippen molar-refractivity contribution in [2.45, 2.75) is 240 Å². The van der Waals surface area contributed by atoms with Crippen LogP contribution in [0.1, 0.15) is 190 Å². The Morgan fingerprint density at radius 2 is 1.38 bits per heavy atom. The van der Waals surface area contributed by atoms with Gasteiger partial charge in [0, 0.05) is 104 Å². The number of primary amides is 1. The first kappa shape index (κ1) is 88.8. The summed E-state index contributed by atoms with van der Waals surface area (Å²) in [6, 6.07) is 8.24. The fraction of sp³-hybridized carbons (Fsp3) is 0.697. The van der Waals surface area contributed by atoms with Crippen molar-refractivity contribution in [3.63, 3.8) is 0 Å². The van der Waals surface area contributed by atoms with Crippen LogP contribution in [0, 0.1) is 47.3 Å². The minimum Gasteiger partial charge on any atom is -0.445 e. The van der Waals surface area contributed by atoms with Crippen LogP contribution in [0.15, 0.2) is 54.6 Å². The van der Waals surface area contributed by atoms with E-state index >= 15 is 0 Å². The molecule has 10 amide bonds. The van der Waals surface area contributed by atoms with Crippen LogP contribution in [-0.4, -0.2) is 199 Å². The third kappa shape index (κ3) is 26.8. The molecule has 2 aromatic rings. The minimum absolute atomic E-state index is 0.0330.